The van der Waals surface area contributed by atoms with Crippen molar-refractivity contribution in [2.75, 3.05) is 11.9 Å². The van der Waals surface area contributed by atoms with Crippen LogP contribution in [0.1, 0.15) is 13.8 Å². The van der Waals surface area contributed by atoms with Crippen molar-refractivity contribution in [3.05, 3.63) is 30.5 Å². The Labute approximate surface area is 99.2 Å². The van der Waals surface area contributed by atoms with Gasteiger partial charge in [0.25, 0.3) is 0 Å². The van der Waals surface area contributed by atoms with E-state index in [1.807, 2.05) is 24.3 Å². The van der Waals surface area contributed by atoms with Gasteiger partial charge in [-0.25, -0.2) is 0 Å². The maximum atomic E-state index is 11.0. The summed E-state index contributed by atoms with van der Waals surface area (Å²) in [6.07, 6.45) is 1.61. The van der Waals surface area contributed by atoms with E-state index in [1.54, 1.807) is 20.1 Å². The zero-order chi connectivity index (χ0) is 12.5. The Balaban J connectivity index is 2.17. The largest absolute Gasteiger partial charge is 0.481 e. The second-order valence-electron chi connectivity index (χ2n) is 4.69. The van der Waals surface area contributed by atoms with Crippen LogP contribution < -0.4 is 5.32 Å². The zero-order valence-electron chi connectivity index (χ0n) is 9.86. The minimum absolute atomic E-state index is 0.353. The molecule has 17 heavy (non-hydrogen) atoms. The molecule has 2 aromatic rings. The van der Waals surface area contributed by atoms with Gasteiger partial charge in [-0.1, -0.05) is 12.1 Å². The molecule has 0 saturated heterocycles. The molecular weight excluding hydrogens is 218 g/mol. The molecule has 0 aliphatic heterocycles. The highest BCUT2D eigenvalue weighted by Crippen LogP contribution is 2.26. The monoisotopic (exact) mass is 233 g/mol. The van der Waals surface area contributed by atoms with Gasteiger partial charge >= 0.3 is 5.97 Å². The fourth-order valence-electron chi connectivity index (χ4n) is 1.51. The molecular formula is C13H15NO3. The number of hydrogen-bond acceptors (Lipinski definition) is 3. The predicted molar refractivity (Wildman–Crippen MR) is 66.1 cm³/mol. The molecule has 0 aliphatic carbocycles. The minimum Gasteiger partial charge on any atom is -0.481 e. The quantitative estimate of drug-likeness (QED) is 0.852. The molecule has 2 rings (SSSR count). The van der Waals surface area contributed by atoms with Crippen LogP contribution in [0.3, 0.4) is 0 Å². The van der Waals surface area contributed by atoms with Crippen LogP contribution in [0.25, 0.3) is 11.0 Å². The first-order valence-corrected chi connectivity index (χ1v) is 5.44. The van der Waals surface area contributed by atoms with Crippen LogP contribution in [0.4, 0.5) is 5.69 Å². The zero-order valence-corrected chi connectivity index (χ0v) is 9.86. The van der Waals surface area contributed by atoms with E-state index in [0.717, 1.165) is 16.7 Å². The van der Waals surface area contributed by atoms with E-state index in [9.17, 15) is 4.79 Å². The summed E-state index contributed by atoms with van der Waals surface area (Å²) in [6.45, 7) is 3.72. The fourth-order valence-corrected chi connectivity index (χ4v) is 1.51. The molecule has 4 heteroatoms. The van der Waals surface area contributed by atoms with E-state index in [0.29, 0.717) is 6.54 Å². The van der Waals surface area contributed by atoms with Crippen molar-refractivity contribution in [3.63, 3.8) is 0 Å². The number of fused-ring (bicyclic) bond motifs is 1. The first kappa shape index (κ1) is 11.5. The second-order valence-corrected chi connectivity index (χ2v) is 4.69. The van der Waals surface area contributed by atoms with Crippen molar-refractivity contribution < 1.29 is 14.3 Å². The first-order valence-electron chi connectivity index (χ1n) is 5.44. The SMILES string of the molecule is CC(C)(CNc1coc2ccccc12)C(=O)O. The van der Waals surface area contributed by atoms with Crippen molar-refractivity contribution in [2.45, 2.75) is 13.8 Å². The third kappa shape index (κ3) is 2.25. The fraction of sp³-hybridized carbons (Fsp3) is 0.308. The molecule has 4 nitrogen and oxygen atoms in total. The van der Waals surface area contributed by atoms with E-state index >= 15 is 0 Å². The van der Waals surface area contributed by atoms with E-state index < -0.39 is 11.4 Å². The number of rotatable bonds is 4. The van der Waals surface area contributed by atoms with Gasteiger partial charge in [-0.05, 0) is 26.0 Å². The third-order valence-electron chi connectivity index (χ3n) is 2.78. The van der Waals surface area contributed by atoms with E-state index in [4.69, 9.17) is 9.52 Å². The predicted octanol–water partition coefficient (Wildman–Crippen LogP) is 2.96. The van der Waals surface area contributed by atoms with E-state index in [-0.39, 0.29) is 0 Å². The molecule has 0 saturated carbocycles. The maximum Gasteiger partial charge on any atom is 0.310 e. The molecule has 0 bridgehead atoms. The molecule has 1 aromatic carbocycles. The van der Waals surface area contributed by atoms with E-state index in [2.05, 4.69) is 5.32 Å². The summed E-state index contributed by atoms with van der Waals surface area (Å²) in [5.74, 6) is -0.821. The average molecular weight is 233 g/mol. The van der Waals surface area contributed by atoms with Gasteiger partial charge < -0.3 is 14.8 Å². The number of nitrogens with one attached hydrogen (secondary N) is 1. The Kier molecular flexibility index (Phi) is 2.79. The van der Waals surface area contributed by atoms with Gasteiger partial charge in [-0.2, -0.15) is 0 Å². The lowest BCUT2D eigenvalue weighted by atomic mass is 9.94. The Bertz CT molecular complexity index is 542. The van der Waals surface area contributed by atoms with Crippen LogP contribution in [-0.2, 0) is 4.79 Å². The standard InChI is InChI=1S/C13H15NO3/c1-13(2,12(15)16)8-14-10-7-17-11-6-4-3-5-9(10)11/h3-7,14H,8H2,1-2H3,(H,15,16). The van der Waals surface area contributed by atoms with Crippen LogP contribution in [0.2, 0.25) is 0 Å². The van der Waals surface area contributed by atoms with Crippen molar-refractivity contribution in [2.24, 2.45) is 5.41 Å². The van der Waals surface area contributed by atoms with Gasteiger partial charge in [0.15, 0.2) is 0 Å². The number of para-hydroxylation sites is 1. The summed E-state index contributed by atoms with van der Waals surface area (Å²) in [6, 6.07) is 7.64. The lowest BCUT2D eigenvalue weighted by Crippen LogP contribution is -2.31. The third-order valence-corrected chi connectivity index (χ3v) is 2.78. The van der Waals surface area contributed by atoms with Crippen molar-refractivity contribution in [3.8, 4) is 0 Å². The number of aliphatic carboxylic acids is 1. The number of carboxylic acid groups (broad SMARTS) is 1. The Morgan fingerprint density at radius 1 is 1.41 bits per heavy atom. The number of anilines is 1. The molecule has 0 amide bonds. The van der Waals surface area contributed by atoms with Gasteiger partial charge in [-0.15, -0.1) is 0 Å². The van der Waals surface area contributed by atoms with Crippen molar-refractivity contribution in [1.29, 1.82) is 0 Å². The van der Waals surface area contributed by atoms with E-state index in [1.165, 1.54) is 0 Å². The lowest BCUT2D eigenvalue weighted by Gasteiger charge is -2.19. The Morgan fingerprint density at radius 3 is 2.82 bits per heavy atom. The minimum atomic E-state index is -0.821. The number of benzene rings is 1. The molecule has 1 heterocycles. The second kappa shape index (κ2) is 4.13. The summed E-state index contributed by atoms with van der Waals surface area (Å²) < 4.78 is 5.36. The lowest BCUT2D eigenvalue weighted by molar-refractivity contribution is -0.146. The number of carbonyl (C=O) groups is 1. The highest BCUT2D eigenvalue weighted by atomic mass is 16.4. The number of carboxylic acids is 1. The van der Waals surface area contributed by atoms with Crippen LogP contribution in [-0.4, -0.2) is 17.6 Å². The molecule has 0 fully saturated rings. The molecule has 0 unspecified atom stereocenters. The van der Waals surface area contributed by atoms with Crippen molar-refractivity contribution in [1.82, 2.24) is 0 Å². The highest BCUT2D eigenvalue weighted by molar-refractivity contribution is 5.90. The summed E-state index contributed by atoms with van der Waals surface area (Å²) in [7, 11) is 0. The Hall–Kier alpha value is -1.97. The molecule has 0 atom stereocenters. The maximum absolute atomic E-state index is 11.0. The average Bonchev–Trinajstić information content (AvgIpc) is 2.69. The van der Waals surface area contributed by atoms with Crippen LogP contribution in [0.15, 0.2) is 34.9 Å². The summed E-state index contributed by atoms with van der Waals surface area (Å²) in [4.78, 5) is 11.0. The molecule has 1 aromatic heterocycles. The number of hydrogen-bond donors (Lipinski definition) is 2. The molecule has 90 valence electrons. The Morgan fingerprint density at radius 2 is 2.12 bits per heavy atom. The summed E-state index contributed by atoms with van der Waals surface area (Å²) in [5, 5.41) is 13.1. The van der Waals surface area contributed by atoms with Crippen LogP contribution in [0.5, 0.6) is 0 Å². The van der Waals surface area contributed by atoms with Crippen LogP contribution in [0, 0.1) is 5.41 Å². The van der Waals surface area contributed by atoms with Gasteiger partial charge in [0.05, 0.1) is 11.1 Å². The molecule has 0 radical (unpaired) electrons. The van der Waals surface area contributed by atoms with Gasteiger partial charge in [0, 0.05) is 11.9 Å². The van der Waals surface area contributed by atoms with Crippen LogP contribution >= 0.6 is 0 Å². The normalized spacial score (nSPS) is 11.6. The molecule has 2 N–H and O–H groups in total. The van der Waals surface area contributed by atoms with Gasteiger partial charge in [0.2, 0.25) is 0 Å². The van der Waals surface area contributed by atoms with Gasteiger partial charge in [0.1, 0.15) is 11.8 Å². The number of furan rings is 1. The highest BCUT2D eigenvalue weighted by Gasteiger charge is 2.27. The topological polar surface area (TPSA) is 62.5 Å². The molecule has 0 spiro atoms. The molecule has 0 aliphatic rings. The summed E-state index contributed by atoms with van der Waals surface area (Å²) in [5.41, 5.74) is 0.816. The summed E-state index contributed by atoms with van der Waals surface area (Å²) >= 11 is 0. The first-order chi connectivity index (χ1) is 8.00. The smallest absolute Gasteiger partial charge is 0.310 e. The van der Waals surface area contributed by atoms with Gasteiger partial charge in [-0.3, -0.25) is 4.79 Å². The van der Waals surface area contributed by atoms with Crippen molar-refractivity contribution >= 4 is 22.6 Å².